The number of imide groups is 1. The maximum atomic E-state index is 12.5. The molecule has 0 aliphatic carbocycles. The minimum absolute atomic E-state index is 0.145. The number of nitrogens with one attached hydrogen (secondary N) is 2. The minimum atomic E-state index is -1.16. The Morgan fingerprint density at radius 1 is 1.29 bits per heavy atom. The molecule has 1 aromatic carbocycles. The average Bonchev–Trinajstić information content (AvgIpc) is 2.64. The van der Waals surface area contributed by atoms with Gasteiger partial charge in [-0.2, -0.15) is 5.01 Å². The van der Waals surface area contributed by atoms with Gasteiger partial charge in [0.15, 0.2) is 0 Å². The van der Waals surface area contributed by atoms with E-state index in [1.807, 2.05) is 19.9 Å². The van der Waals surface area contributed by atoms with Gasteiger partial charge in [-0.25, -0.2) is 4.79 Å². The van der Waals surface area contributed by atoms with Gasteiger partial charge in [0.05, 0.1) is 0 Å². The van der Waals surface area contributed by atoms with Gasteiger partial charge in [-0.15, -0.1) is 0 Å². The highest BCUT2D eigenvalue weighted by Gasteiger charge is 2.49. The van der Waals surface area contributed by atoms with Crippen LogP contribution in [-0.2, 0) is 15.1 Å². The molecule has 0 saturated carbocycles. The molecule has 112 valence electrons. The molecule has 4 amide bonds. The fourth-order valence-corrected chi connectivity index (χ4v) is 2.25. The van der Waals surface area contributed by atoms with Gasteiger partial charge in [0.2, 0.25) is 5.91 Å². The highest BCUT2D eigenvalue weighted by molar-refractivity contribution is 6.08. The predicted molar refractivity (Wildman–Crippen MR) is 76.8 cm³/mol. The van der Waals surface area contributed by atoms with E-state index in [0.717, 1.165) is 5.01 Å². The summed E-state index contributed by atoms with van der Waals surface area (Å²) in [5.41, 5.74) is 1.87. The number of benzene rings is 1. The van der Waals surface area contributed by atoms with E-state index in [1.54, 1.807) is 31.2 Å². The van der Waals surface area contributed by atoms with Crippen molar-refractivity contribution in [2.45, 2.75) is 32.7 Å². The lowest BCUT2D eigenvalue weighted by Gasteiger charge is -2.22. The third kappa shape index (κ3) is 2.89. The molecule has 2 rings (SSSR count). The minimum Gasteiger partial charge on any atom is -0.318 e. The third-order valence-corrected chi connectivity index (χ3v) is 3.37. The zero-order chi connectivity index (χ0) is 15.6. The molecule has 1 fully saturated rings. The number of nitrogens with zero attached hydrogens (tertiary/aromatic N) is 1. The van der Waals surface area contributed by atoms with Crippen LogP contribution >= 0.6 is 0 Å². The van der Waals surface area contributed by atoms with Crippen LogP contribution in [0.25, 0.3) is 0 Å². The van der Waals surface area contributed by atoms with E-state index >= 15 is 0 Å². The molecule has 0 spiro atoms. The van der Waals surface area contributed by atoms with Crippen molar-refractivity contribution in [3.05, 3.63) is 35.9 Å². The first-order valence-corrected chi connectivity index (χ1v) is 6.86. The molecule has 1 atom stereocenters. The summed E-state index contributed by atoms with van der Waals surface area (Å²) in [7, 11) is 0. The van der Waals surface area contributed by atoms with Crippen molar-refractivity contribution in [3.8, 4) is 0 Å². The van der Waals surface area contributed by atoms with Crippen LogP contribution < -0.4 is 10.7 Å². The molecule has 1 saturated heterocycles. The summed E-state index contributed by atoms with van der Waals surface area (Å²) in [6.45, 7) is 5.40. The van der Waals surface area contributed by atoms with Crippen LogP contribution in [0, 0.1) is 5.92 Å². The van der Waals surface area contributed by atoms with E-state index in [-0.39, 0.29) is 18.2 Å². The van der Waals surface area contributed by atoms with Gasteiger partial charge in [0.1, 0.15) is 5.54 Å². The van der Waals surface area contributed by atoms with Crippen molar-refractivity contribution in [2.75, 3.05) is 0 Å². The van der Waals surface area contributed by atoms with E-state index in [2.05, 4.69) is 10.7 Å². The Morgan fingerprint density at radius 2 is 1.90 bits per heavy atom. The first-order valence-electron chi connectivity index (χ1n) is 6.86. The molecular weight excluding hydrogens is 270 g/mol. The number of hydrogen-bond acceptors (Lipinski definition) is 3. The van der Waals surface area contributed by atoms with E-state index in [4.69, 9.17) is 0 Å². The van der Waals surface area contributed by atoms with Gasteiger partial charge < -0.3 is 5.32 Å². The number of urea groups is 1. The third-order valence-electron chi connectivity index (χ3n) is 3.37. The summed E-state index contributed by atoms with van der Waals surface area (Å²) in [6.07, 6.45) is 0.249. The molecule has 2 N–H and O–H groups in total. The van der Waals surface area contributed by atoms with Crippen molar-refractivity contribution >= 4 is 17.8 Å². The molecule has 6 nitrogen and oxygen atoms in total. The highest BCUT2D eigenvalue weighted by atomic mass is 16.2. The van der Waals surface area contributed by atoms with Crippen molar-refractivity contribution in [1.29, 1.82) is 0 Å². The maximum Gasteiger partial charge on any atom is 0.344 e. The summed E-state index contributed by atoms with van der Waals surface area (Å²) in [5, 5.41) is 3.39. The second-order valence-electron chi connectivity index (χ2n) is 5.69. The van der Waals surface area contributed by atoms with Gasteiger partial charge in [-0.1, -0.05) is 44.2 Å². The fourth-order valence-electron chi connectivity index (χ4n) is 2.25. The largest absolute Gasteiger partial charge is 0.344 e. The van der Waals surface area contributed by atoms with Crippen molar-refractivity contribution in [1.82, 2.24) is 15.8 Å². The summed E-state index contributed by atoms with van der Waals surface area (Å²) in [4.78, 5) is 36.2. The van der Waals surface area contributed by atoms with Crippen LogP contribution in [0.2, 0.25) is 0 Å². The monoisotopic (exact) mass is 289 g/mol. The molecule has 1 aliphatic heterocycles. The Labute approximate surface area is 123 Å². The van der Waals surface area contributed by atoms with E-state index in [9.17, 15) is 14.4 Å². The lowest BCUT2D eigenvalue weighted by molar-refractivity contribution is -0.139. The van der Waals surface area contributed by atoms with Crippen molar-refractivity contribution in [3.63, 3.8) is 0 Å². The van der Waals surface area contributed by atoms with Crippen LogP contribution in [0.5, 0.6) is 0 Å². The molecule has 0 bridgehead atoms. The Morgan fingerprint density at radius 3 is 2.48 bits per heavy atom. The molecule has 6 heteroatoms. The molecule has 21 heavy (non-hydrogen) atoms. The standard InChI is InChI=1S/C15H19N3O3/c1-10(2)9-12(19)17-18-13(20)15(3,16-14(18)21)11-7-5-4-6-8-11/h4-8,10H,9H2,1-3H3,(H,16,21)(H,17,19). The number of hydrazine groups is 1. The second kappa shape index (κ2) is 5.55. The molecule has 0 aromatic heterocycles. The number of rotatable bonds is 4. The number of hydrogen-bond donors (Lipinski definition) is 2. The zero-order valence-corrected chi connectivity index (χ0v) is 12.3. The van der Waals surface area contributed by atoms with Gasteiger partial charge in [-0.3, -0.25) is 15.0 Å². The summed E-state index contributed by atoms with van der Waals surface area (Å²) < 4.78 is 0. The quantitative estimate of drug-likeness (QED) is 0.825. The first-order chi connectivity index (χ1) is 9.84. The average molecular weight is 289 g/mol. The normalized spacial score (nSPS) is 21.6. The number of carbonyl (C=O) groups is 3. The topological polar surface area (TPSA) is 78.5 Å². The lowest BCUT2D eigenvalue weighted by Crippen LogP contribution is -2.48. The molecule has 1 heterocycles. The lowest BCUT2D eigenvalue weighted by atomic mass is 9.92. The Hall–Kier alpha value is -2.37. The number of carbonyl (C=O) groups excluding carboxylic acids is 3. The summed E-state index contributed by atoms with van der Waals surface area (Å²) in [6, 6.07) is 8.31. The fraction of sp³-hybridized carbons (Fsp3) is 0.400. The van der Waals surface area contributed by atoms with E-state index in [0.29, 0.717) is 5.56 Å². The van der Waals surface area contributed by atoms with Crippen LogP contribution in [0.15, 0.2) is 30.3 Å². The predicted octanol–water partition coefficient (Wildman–Crippen LogP) is 1.53. The van der Waals surface area contributed by atoms with Gasteiger partial charge in [0, 0.05) is 6.42 Å². The van der Waals surface area contributed by atoms with Crippen LogP contribution in [-0.4, -0.2) is 22.9 Å². The molecule has 1 unspecified atom stereocenters. The number of amides is 4. The smallest absolute Gasteiger partial charge is 0.318 e. The molecule has 1 aromatic rings. The molecular formula is C15H19N3O3. The SMILES string of the molecule is CC(C)CC(=O)NN1C(=O)NC(C)(c2ccccc2)C1=O. The van der Waals surface area contributed by atoms with Gasteiger partial charge in [-0.05, 0) is 18.4 Å². The van der Waals surface area contributed by atoms with Crippen LogP contribution in [0.1, 0.15) is 32.8 Å². The summed E-state index contributed by atoms with van der Waals surface area (Å²) in [5.74, 6) is -0.701. The van der Waals surface area contributed by atoms with Crippen molar-refractivity contribution in [2.24, 2.45) is 5.92 Å². The maximum absolute atomic E-state index is 12.5. The Balaban J connectivity index is 2.19. The zero-order valence-electron chi connectivity index (χ0n) is 12.3. The summed E-state index contributed by atoms with van der Waals surface area (Å²) >= 11 is 0. The Kier molecular flexibility index (Phi) is 3.97. The first kappa shape index (κ1) is 15.0. The second-order valence-corrected chi connectivity index (χ2v) is 5.69. The van der Waals surface area contributed by atoms with E-state index in [1.165, 1.54) is 0 Å². The van der Waals surface area contributed by atoms with Crippen molar-refractivity contribution < 1.29 is 14.4 Å². The molecule has 0 radical (unpaired) electrons. The van der Waals surface area contributed by atoms with Crippen LogP contribution in [0.4, 0.5) is 4.79 Å². The molecule has 1 aliphatic rings. The van der Waals surface area contributed by atoms with Gasteiger partial charge in [0.25, 0.3) is 5.91 Å². The van der Waals surface area contributed by atoms with Gasteiger partial charge >= 0.3 is 6.03 Å². The van der Waals surface area contributed by atoms with Crippen LogP contribution in [0.3, 0.4) is 0 Å². The Bertz CT molecular complexity index is 571. The highest BCUT2D eigenvalue weighted by Crippen LogP contribution is 2.27. The van der Waals surface area contributed by atoms with E-state index < -0.39 is 17.5 Å².